The molecule has 0 aliphatic carbocycles. The van der Waals surface area contributed by atoms with E-state index >= 15 is 0 Å². The van der Waals surface area contributed by atoms with E-state index in [9.17, 15) is 0 Å². The highest BCUT2D eigenvalue weighted by Crippen LogP contribution is 2.21. The van der Waals surface area contributed by atoms with Gasteiger partial charge in [-0.15, -0.1) is 0 Å². The Hall–Kier alpha value is -1.03. The second-order valence-electron chi connectivity index (χ2n) is 2.96. The van der Waals surface area contributed by atoms with Crippen LogP contribution in [0, 0.1) is 13.8 Å². The number of aryl methyl sites for hydroxylation is 3. The van der Waals surface area contributed by atoms with E-state index < -0.39 is 0 Å². The molecule has 2 heterocycles. The molecule has 0 bridgehead atoms. The van der Waals surface area contributed by atoms with Crippen LogP contribution < -0.4 is 0 Å². The summed E-state index contributed by atoms with van der Waals surface area (Å²) >= 11 is 1.63. The Morgan fingerprint density at radius 2 is 1.92 bits per heavy atom. The third kappa shape index (κ3) is 1.42. The standard InChI is InChI=1S/C9H11N3S/c1-4-7-8-9(11-5(2)10-7)13-6(3)12-8/h4H2,1-3H3. The maximum atomic E-state index is 4.42. The summed E-state index contributed by atoms with van der Waals surface area (Å²) in [6.45, 7) is 6.02. The summed E-state index contributed by atoms with van der Waals surface area (Å²) in [5.41, 5.74) is 2.04. The van der Waals surface area contributed by atoms with Gasteiger partial charge < -0.3 is 0 Å². The predicted octanol–water partition coefficient (Wildman–Crippen LogP) is 2.27. The van der Waals surface area contributed by atoms with Crippen LogP contribution in [0.2, 0.25) is 0 Å². The maximum absolute atomic E-state index is 4.42. The molecule has 0 saturated heterocycles. The van der Waals surface area contributed by atoms with Gasteiger partial charge >= 0.3 is 0 Å². The first-order valence-electron chi connectivity index (χ1n) is 4.31. The fraction of sp³-hybridized carbons (Fsp3) is 0.444. The van der Waals surface area contributed by atoms with Gasteiger partial charge in [-0.25, -0.2) is 15.0 Å². The predicted molar refractivity (Wildman–Crippen MR) is 54.1 cm³/mol. The Morgan fingerprint density at radius 3 is 2.62 bits per heavy atom. The highest BCUT2D eigenvalue weighted by molar-refractivity contribution is 7.18. The average molecular weight is 193 g/mol. The molecule has 2 rings (SSSR count). The number of aromatic nitrogens is 3. The summed E-state index contributed by atoms with van der Waals surface area (Å²) in [5.74, 6) is 0.841. The molecule has 0 N–H and O–H groups in total. The summed E-state index contributed by atoms with van der Waals surface area (Å²) in [6, 6.07) is 0. The fourth-order valence-electron chi connectivity index (χ4n) is 1.35. The highest BCUT2D eigenvalue weighted by Gasteiger charge is 2.08. The zero-order chi connectivity index (χ0) is 9.42. The Kier molecular flexibility index (Phi) is 2.00. The summed E-state index contributed by atoms with van der Waals surface area (Å²) in [7, 11) is 0. The lowest BCUT2D eigenvalue weighted by Crippen LogP contribution is -1.94. The molecule has 0 aromatic carbocycles. The molecule has 0 spiro atoms. The molecule has 0 saturated carbocycles. The Labute approximate surface area is 80.9 Å². The number of nitrogens with zero attached hydrogens (tertiary/aromatic N) is 3. The van der Waals surface area contributed by atoms with Crippen LogP contribution in [-0.4, -0.2) is 15.0 Å². The molecule has 0 radical (unpaired) electrons. The van der Waals surface area contributed by atoms with E-state index in [1.54, 1.807) is 11.3 Å². The Balaban J connectivity index is 2.80. The summed E-state index contributed by atoms with van der Waals surface area (Å²) < 4.78 is 0. The number of rotatable bonds is 1. The van der Waals surface area contributed by atoms with Crippen LogP contribution in [0.5, 0.6) is 0 Å². The van der Waals surface area contributed by atoms with Crippen molar-refractivity contribution in [1.29, 1.82) is 0 Å². The van der Waals surface area contributed by atoms with Crippen LogP contribution in [0.25, 0.3) is 10.3 Å². The van der Waals surface area contributed by atoms with Crippen molar-refractivity contribution >= 4 is 21.7 Å². The van der Waals surface area contributed by atoms with Gasteiger partial charge in [-0.1, -0.05) is 18.3 Å². The lowest BCUT2D eigenvalue weighted by Gasteiger charge is -1.97. The van der Waals surface area contributed by atoms with Crippen molar-refractivity contribution in [3.8, 4) is 0 Å². The first-order chi connectivity index (χ1) is 6.20. The van der Waals surface area contributed by atoms with E-state index in [0.29, 0.717) is 0 Å². The second kappa shape index (κ2) is 3.03. The van der Waals surface area contributed by atoms with Gasteiger partial charge in [0, 0.05) is 0 Å². The van der Waals surface area contributed by atoms with E-state index in [0.717, 1.165) is 33.3 Å². The van der Waals surface area contributed by atoms with Crippen molar-refractivity contribution in [2.24, 2.45) is 0 Å². The van der Waals surface area contributed by atoms with Gasteiger partial charge in [0.05, 0.1) is 10.7 Å². The van der Waals surface area contributed by atoms with Crippen LogP contribution >= 0.6 is 11.3 Å². The summed E-state index contributed by atoms with van der Waals surface area (Å²) in [4.78, 5) is 14.2. The Morgan fingerprint density at radius 1 is 1.15 bits per heavy atom. The molecular weight excluding hydrogens is 182 g/mol. The van der Waals surface area contributed by atoms with Gasteiger partial charge in [0.1, 0.15) is 16.2 Å². The van der Waals surface area contributed by atoms with E-state index in [4.69, 9.17) is 0 Å². The molecule has 13 heavy (non-hydrogen) atoms. The molecule has 0 aliphatic rings. The molecular formula is C9H11N3S. The maximum Gasteiger partial charge on any atom is 0.147 e. The molecule has 0 unspecified atom stereocenters. The monoisotopic (exact) mass is 193 g/mol. The lowest BCUT2D eigenvalue weighted by atomic mass is 10.3. The number of hydrogen-bond donors (Lipinski definition) is 0. The SMILES string of the molecule is CCc1nc(C)nc2sc(C)nc12. The minimum absolute atomic E-state index is 0.841. The van der Waals surface area contributed by atoms with Gasteiger partial charge in [0.25, 0.3) is 0 Å². The third-order valence-corrected chi connectivity index (χ3v) is 2.75. The van der Waals surface area contributed by atoms with Crippen LogP contribution in [0.4, 0.5) is 0 Å². The first kappa shape index (κ1) is 8.56. The zero-order valence-corrected chi connectivity index (χ0v) is 8.77. The van der Waals surface area contributed by atoms with Gasteiger partial charge in [0.15, 0.2) is 0 Å². The molecule has 4 heteroatoms. The van der Waals surface area contributed by atoms with Gasteiger partial charge in [-0.2, -0.15) is 0 Å². The van der Waals surface area contributed by atoms with Gasteiger partial charge in [0.2, 0.25) is 0 Å². The first-order valence-corrected chi connectivity index (χ1v) is 5.13. The zero-order valence-electron chi connectivity index (χ0n) is 7.96. The van der Waals surface area contributed by atoms with Crippen molar-refractivity contribution < 1.29 is 0 Å². The minimum Gasteiger partial charge on any atom is -0.238 e. The van der Waals surface area contributed by atoms with Crippen molar-refractivity contribution in [3.05, 3.63) is 16.5 Å². The average Bonchev–Trinajstić information content (AvgIpc) is 2.43. The Bertz CT molecular complexity index is 447. The van der Waals surface area contributed by atoms with Gasteiger partial charge in [-0.3, -0.25) is 0 Å². The van der Waals surface area contributed by atoms with Crippen molar-refractivity contribution in [2.75, 3.05) is 0 Å². The van der Waals surface area contributed by atoms with Crippen molar-refractivity contribution in [1.82, 2.24) is 15.0 Å². The van der Waals surface area contributed by atoms with Crippen LogP contribution in [0.3, 0.4) is 0 Å². The van der Waals surface area contributed by atoms with Crippen LogP contribution in [0.1, 0.15) is 23.4 Å². The van der Waals surface area contributed by atoms with Crippen molar-refractivity contribution in [3.63, 3.8) is 0 Å². The molecule has 0 aliphatic heterocycles. The van der Waals surface area contributed by atoms with Crippen LogP contribution in [-0.2, 0) is 6.42 Å². The summed E-state index contributed by atoms with van der Waals surface area (Å²) in [5, 5.41) is 1.06. The lowest BCUT2D eigenvalue weighted by molar-refractivity contribution is 0.976. The van der Waals surface area contributed by atoms with Gasteiger partial charge in [-0.05, 0) is 20.3 Å². The smallest absolute Gasteiger partial charge is 0.147 e. The van der Waals surface area contributed by atoms with E-state index in [1.807, 2.05) is 13.8 Å². The van der Waals surface area contributed by atoms with E-state index in [-0.39, 0.29) is 0 Å². The molecule has 2 aromatic heterocycles. The van der Waals surface area contributed by atoms with E-state index in [1.165, 1.54) is 0 Å². The van der Waals surface area contributed by atoms with E-state index in [2.05, 4.69) is 21.9 Å². The normalized spacial score (nSPS) is 11.0. The van der Waals surface area contributed by atoms with Crippen molar-refractivity contribution in [2.45, 2.75) is 27.2 Å². The number of thiazole rings is 1. The topological polar surface area (TPSA) is 38.7 Å². The largest absolute Gasteiger partial charge is 0.238 e. The second-order valence-corrected chi connectivity index (χ2v) is 4.14. The molecule has 2 aromatic rings. The fourth-order valence-corrected chi connectivity index (χ4v) is 2.20. The highest BCUT2D eigenvalue weighted by atomic mass is 32.1. The summed E-state index contributed by atoms with van der Waals surface area (Å²) in [6.07, 6.45) is 0.920. The molecule has 0 fully saturated rings. The van der Waals surface area contributed by atoms with Crippen LogP contribution in [0.15, 0.2) is 0 Å². The minimum atomic E-state index is 0.841. The number of fused-ring (bicyclic) bond motifs is 1. The molecule has 68 valence electrons. The number of hydrogen-bond acceptors (Lipinski definition) is 4. The molecule has 0 atom stereocenters. The quantitative estimate of drug-likeness (QED) is 0.697. The third-order valence-electron chi connectivity index (χ3n) is 1.88. The molecule has 3 nitrogen and oxygen atoms in total. The molecule has 0 amide bonds.